The third-order valence-corrected chi connectivity index (χ3v) is 8.16. The van der Waals surface area contributed by atoms with Gasteiger partial charge in [0, 0.05) is 16.6 Å². The standard InChI is InChI=1S/C32H53N/c1-2-3-4-5-6-7-8-9-10-11-12-13-14-15-16-17-18-19-22-28-25-26-32-30(27-28)29-23-20-21-24-31(29)33-32/h20-21,23-24,28,33H,2-19,22,25-27H2,1H3. The molecule has 1 aliphatic carbocycles. The van der Waals surface area contributed by atoms with E-state index in [1.54, 1.807) is 5.56 Å². The van der Waals surface area contributed by atoms with Gasteiger partial charge in [0.25, 0.3) is 0 Å². The van der Waals surface area contributed by atoms with Crippen LogP contribution in [-0.2, 0) is 12.8 Å². The monoisotopic (exact) mass is 451 g/mol. The molecule has 0 spiro atoms. The first kappa shape index (κ1) is 26.4. The molecule has 0 bridgehead atoms. The largest absolute Gasteiger partial charge is 0.358 e. The third kappa shape index (κ3) is 9.87. The van der Waals surface area contributed by atoms with E-state index >= 15 is 0 Å². The second kappa shape index (κ2) is 16.4. The van der Waals surface area contributed by atoms with Gasteiger partial charge in [-0.1, -0.05) is 147 Å². The van der Waals surface area contributed by atoms with Crippen LogP contribution in [0, 0.1) is 5.92 Å². The Kier molecular flexibility index (Phi) is 13.1. The van der Waals surface area contributed by atoms with E-state index in [4.69, 9.17) is 0 Å². The molecule has 1 heteroatoms. The van der Waals surface area contributed by atoms with Crippen molar-refractivity contribution in [2.24, 2.45) is 5.92 Å². The van der Waals surface area contributed by atoms with E-state index in [-0.39, 0.29) is 0 Å². The lowest BCUT2D eigenvalue weighted by molar-refractivity contribution is 0.403. The molecule has 186 valence electrons. The van der Waals surface area contributed by atoms with Crippen LogP contribution in [0.4, 0.5) is 0 Å². The smallest absolute Gasteiger partial charge is 0.0458 e. The summed E-state index contributed by atoms with van der Waals surface area (Å²) in [4.78, 5) is 3.66. The third-order valence-electron chi connectivity index (χ3n) is 8.16. The molecule has 1 N–H and O–H groups in total. The van der Waals surface area contributed by atoms with Crippen molar-refractivity contribution in [1.29, 1.82) is 0 Å². The molecule has 0 amide bonds. The number of unbranched alkanes of at least 4 members (excludes halogenated alkanes) is 17. The summed E-state index contributed by atoms with van der Waals surface area (Å²) < 4.78 is 0. The van der Waals surface area contributed by atoms with E-state index in [2.05, 4.69) is 36.2 Å². The van der Waals surface area contributed by atoms with Crippen LogP contribution in [0.2, 0.25) is 0 Å². The Labute approximate surface area is 205 Å². The zero-order chi connectivity index (χ0) is 23.0. The van der Waals surface area contributed by atoms with Crippen LogP contribution in [0.25, 0.3) is 10.9 Å². The maximum atomic E-state index is 3.66. The molecular weight excluding hydrogens is 398 g/mol. The molecule has 1 nitrogen and oxygen atoms in total. The molecule has 2 aromatic rings. The van der Waals surface area contributed by atoms with Crippen LogP contribution in [0.3, 0.4) is 0 Å². The Morgan fingerprint density at radius 3 is 1.76 bits per heavy atom. The molecular formula is C32H53N. The van der Waals surface area contributed by atoms with E-state index < -0.39 is 0 Å². The summed E-state index contributed by atoms with van der Waals surface area (Å²) in [6, 6.07) is 8.89. The van der Waals surface area contributed by atoms with Gasteiger partial charge in [0.15, 0.2) is 0 Å². The summed E-state index contributed by atoms with van der Waals surface area (Å²) in [6.45, 7) is 2.30. The first-order valence-electron chi connectivity index (χ1n) is 15.0. The number of aryl methyl sites for hydroxylation is 1. The van der Waals surface area contributed by atoms with Crippen LogP contribution in [-0.4, -0.2) is 4.98 Å². The van der Waals surface area contributed by atoms with E-state index in [0.29, 0.717) is 0 Å². The predicted molar refractivity (Wildman–Crippen MR) is 147 cm³/mol. The summed E-state index contributed by atoms with van der Waals surface area (Å²) >= 11 is 0. The van der Waals surface area contributed by atoms with Crippen molar-refractivity contribution in [1.82, 2.24) is 4.98 Å². The number of benzene rings is 1. The number of nitrogens with one attached hydrogen (secondary N) is 1. The summed E-state index contributed by atoms with van der Waals surface area (Å²) in [5.41, 5.74) is 4.49. The van der Waals surface area contributed by atoms with E-state index in [1.165, 1.54) is 158 Å². The van der Waals surface area contributed by atoms with Crippen molar-refractivity contribution in [2.75, 3.05) is 0 Å². The van der Waals surface area contributed by atoms with Crippen molar-refractivity contribution >= 4 is 10.9 Å². The molecule has 33 heavy (non-hydrogen) atoms. The van der Waals surface area contributed by atoms with Crippen molar-refractivity contribution < 1.29 is 0 Å². The SMILES string of the molecule is CCCCCCCCCCCCCCCCCCCCC1CCc2[nH]c3ccccc3c2C1. The first-order chi connectivity index (χ1) is 16.4. The van der Waals surface area contributed by atoms with Crippen LogP contribution in [0.1, 0.15) is 147 Å². The Bertz CT molecular complexity index is 742. The first-order valence-corrected chi connectivity index (χ1v) is 15.0. The van der Waals surface area contributed by atoms with E-state index in [1.807, 2.05) is 0 Å². The highest BCUT2D eigenvalue weighted by atomic mass is 14.7. The number of aromatic amines is 1. The second-order valence-corrected chi connectivity index (χ2v) is 11.0. The fourth-order valence-corrected chi connectivity index (χ4v) is 6.02. The molecule has 0 fully saturated rings. The van der Waals surface area contributed by atoms with Crippen molar-refractivity contribution in [3.8, 4) is 0 Å². The molecule has 0 aliphatic heterocycles. The average molecular weight is 452 g/mol. The number of hydrogen-bond donors (Lipinski definition) is 1. The van der Waals surface area contributed by atoms with Gasteiger partial charge in [0.1, 0.15) is 0 Å². The highest BCUT2D eigenvalue weighted by molar-refractivity contribution is 5.84. The Hall–Kier alpha value is -1.24. The maximum absolute atomic E-state index is 3.66. The lowest BCUT2D eigenvalue weighted by Crippen LogP contribution is -2.13. The van der Waals surface area contributed by atoms with Crippen LogP contribution in [0.5, 0.6) is 0 Å². The summed E-state index contributed by atoms with van der Waals surface area (Å²) in [6.07, 6.45) is 31.8. The number of fused-ring (bicyclic) bond motifs is 3. The minimum Gasteiger partial charge on any atom is -0.358 e. The van der Waals surface area contributed by atoms with Gasteiger partial charge in [-0.15, -0.1) is 0 Å². The summed E-state index contributed by atoms with van der Waals surface area (Å²) in [5, 5.41) is 1.48. The zero-order valence-electron chi connectivity index (χ0n) is 21.9. The van der Waals surface area contributed by atoms with Gasteiger partial charge in [-0.05, 0) is 36.8 Å². The molecule has 1 heterocycles. The number of para-hydroxylation sites is 1. The molecule has 1 unspecified atom stereocenters. The number of H-pyrrole nitrogens is 1. The summed E-state index contributed by atoms with van der Waals surface area (Å²) in [5.74, 6) is 0.915. The molecule has 1 aliphatic rings. The van der Waals surface area contributed by atoms with Crippen molar-refractivity contribution in [3.05, 3.63) is 35.5 Å². The van der Waals surface area contributed by atoms with Gasteiger partial charge in [0.05, 0.1) is 0 Å². The van der Waals surface area contributed by atoms with E-state index in [9.17, 15) is 0 Å². The number of aromatic nitrogens is 1. The molecule has 1 aromatic heterocycles. The number of hydrogen-bond acceptors (Lipinski definition) is 0. The molecule has 0 radical (unpaired) electrons. The van der Waals surface area contributed by atoms with E-state index in [0.717, 1.165) is 5.92 Å². The lowest BCUT2D eigenvalue weighted by atomic mass is 9.83. The van der Waals surface area contributed by atoms with Crippen LogP contribution < -0.4 is 0 Å². The fraction of sp³-hybridized carbons (Fsp3) is 0.750. The maximum Gasteiger partial charge on any atom is 0.0458 e. The molecule has 1 atom stereocenters. The van der Waals surface area contributed by atoms with Gasteiger partial charge in [-0.3, -0.25) is 0 Å². The van der Waals surface area contributed by atoms with Crippen LogP contribution in [0.15, 0.2) is 24.3 Å². The van der Waals surface area contributed by atoms with Gasteiger partial charge in [-0.2, -0.15) is 0 Å². The van der Waals surface area contributed by atoms with Gasteiger partial charge in [0.2, 0.25) is 0 Å². The Morgan fingerprint density at radius 1 is 0.667 bits per heavy atom. The normalized spacial score (nSPS) is 15.8. The average Bonchev–Trinajstić information content (AvgIpc) is 3.21. The highest BCUT2D eigenvalue weighted by Crippen LogP contribution is 2.33. The minimum absolute atomic E-state index is 0.915. The number of rotatable bonds is 19. The Balaban J connectivity index is 1.08. The summed E-state index contributed by atoms with van der Waals surface area (Å²) in [7, 11) is 0. The van der Waals surface area contributed by atoms with Crippen molar-refractivity contribution in [3.63, 3.8) is 0 Å². The predicted octanol–water partition coefficient (Wildman–Crippen LogP) is 10.7. The zero-order valence-corrected chi connectivity index (χ0v) is 21.9. The van der Waals surface area contributed by atoms with Gasteiger partial charge in [-0.25, -0.2) is 0 Å². The molecule has 0 saturated heterocycles. The second-order valence-electron chi connectivity index (χ2n) is 11.0. The van der Waals surface area contributed by atoms with Gasteiger partial charge >= 0.3 is 0 Å². The topological polar surface area (TPSA) is 15.8 Å². The van der Waals surface area contributed by atoms with Crippen LogP contribution >= 0.6 is 0 Å². The van der Waals surface area contributed by atoms with Gasteiger partial charge < -0.3 is 4.98 Å². The highest BCUT2D eigenvalue weighted by Gasteiger charge is 2.21. The molecule has 3 rings (SSSR count). The van der Waals surface area contributed by atoms with Crippen molar-refractivity contribution in [2.45, 2.75) is 148 Å². The quantitative estimate of drug-likeness (QED) is 0.204. The molecule has 1 aromatic carbocycles. The lowest BCUT2D eigenvalue weighted by Gasteiger charge is -2.22. The Morgan fingerprint density at radius 2 is 1.18 bits per heavy atom. The minimum atomic E-state index is 0.915. The molecule has 0 saturated carbocycles. The fourth-order valence-electron chi connectivity index (χ4n) is 6.02.